The van der Waals surface area contributed by atoms with E-state index in [0.29, 0.717) is 24.9 Å². The normalized spacial score (nSPS) is 12.6. The third-order valence-corrected chi connectivity index (χ3v) is 4.92. The molecule has 0 radical (unpaired) electrons. The highest BCUT2D eigenvalue weighted by Gasteiger charge is 2.10. The van der Waals surface area contributed by atoms with Gasteiger partial charge in [-0.2, -0.15) is 0 Å². The molecule has 0 unspecified atom stereocenters. The fourth-order valence-electron chi connectivity index (χ4n) is 2.00. The van der Waals surface area contributed by atoms with E-state index >= 15 is 0 Å². The minimum Gasteiger partial charge on any atom is -0.465 e. The Balaban J connectivity index is 2.67. The summed E-state index contributed by atoms with van der Waals surface area (Å²) < 4.78 is 28.4. The second-order valence-electron chi connectivity index (χ2n) is 5.75. The van der Waals surface area contributed by atoms with Crippen LogP contribution < -0.4 is 0 Å². The molecule has 0 atom stereocenters. The van der Waals surface area contributed by atoms with Gasteiger partial charge >= 0.3 is 5.97 Å². The number of allylic oxidation sites excluding steroid dienone is 1. The maximum atomic E-state index is 12.1. The number of amides is 1. The molecule has 0 spiro atoms. The zero-order valence-corrected chi connectivity index (χ0v) is 16.2. The van der Waals surface area contributed by atoms with E-state index in [2.05, 4.69) is 9.73 Å². The number of hydrogen-bond acceptors (Lipinski definition) is 5. The van der Waals surface area contributed by atoms with E-state index in [1.807, 2.05) is 18.2 Å². The molecular formula is C18H24N2O5S. The summed E-state index contributed by atoms with van der Waals surface area (Å²) in [5.74, 6) is -1.16. The number of benzene rings is 1. The van der Waals surface area contributed by atoms with Crippen LogP contribution in [0.2, 0.25) is 0 Å². The maximum Gasteiger partial charge on any atom is 0.352 e. The van der Waals surface area contributed by atoms with Gasteiger partial charge in [-0.05, 0) is 37.5 Å². The molecule has 0 aliphatic rings. The van der Waals surface area contributed by atoms with Crippen molar-refractivity contribution in [2.75, 3.05) is 27.0 Å². The molecule has 0 aliphatic heterocycles. The van der Waals surface area contributed by atoms with E-state index in [9.17, 15) is 18.0 Å². The number of carbonyl (C=O) groups is 2. The Morgan fingerprint density at radius 2 is 2.00 bits per heavy atom. The van der Waals surface area contributed by atoms with Crippen LogP contribution in [0.5, 0.6) is 0 Å². The summed E-state index contributed by atoms with van der Waals surface area (Å²) >= 11 is 0. The molecule has 0 bridgehead atoms. The summed E-state index contributed by atoms with van der Waals surface area (Å²) in [5, 5.41) is 0. The summed E-state index contributed by atoms with van der Waals surface area (Å²) in [6.07, 6.45) is 6.35. The highest BCUT2D eigenvalue weighted by molar-refractivity contribution is 7.88. The number of rotatable bonds is 8. The molecule has 0 saturated heterocycles. The van der Waals surface area contributed by atoms with Crippen molar-refractivity contribution in [1.29, 1.82) is 0 Å². The van der Waals surface area contributed by atoms with Crippen molar-refractivity contribution in [3.63, 3.8) is 0 Å². The van der Waals surface area contributed by atoms with Gasteiger partial charge in [0.05, 0.1) is 13.4 Å². The van der Waals surface area contributed by atoms with E-state index in [1.165, 1.54) is 24.6 Å². The van der Waals surface area contributed by atoms with Crippen LogP contribution in [0.4, 0.5) is 0 Å². The lowest BCUT2D eigenvalue weighted by Gasteiger charge is -2.12. The SMILES string of the molecule is COC(=O)/C(C)=N/C(=O)c1cccc(/C=C\CCCN(C)S(C)(=O)=O)c1. The summed E-state index contributed by atoms with van der Waals surface area (Å²) in [5.41, 5.74) is 1.18. The fourth-order valence-corrected chi connectivity index (χ4v) is 2.46. The Bertz CT molecular complexity index is 813. The van der Waals surface area contributed by atoms with Gasteiger partial charge in [-0.3, -0.25) is 4.79 Å². The molecule has 142 valence electrons. The third-order valence-electron chi connectivity index (χ3n) is 3.60. The van der Waals surface area contributed by atoms with Gasteiger partial charge in [0.1, 0.15) is 5.71 Å². The van der Waals surface area contributed by atoms with E-state index in [1.54, 1.807) is 25.2 Å². The first-order valence-corrected chi connectivity index (χ1v) is 9.86. The van der Waals surface area contributed by atoms with Crippen molar-refractivity contribution in [3.05, 3.63) is 41.5 Å². The molecule has 0 N–H and O–H groups in total. The van der Waals surface area contributed by atoms with Crippen LogP contribution in [0.25, 0.3) is 6.08 Å². The van der Waals surface area contributed by atoms with Gasteiger partial charge < -0.3 is 4.74 Å². The van der Waals surface area contributed by atoms with Crippen LogP contribution in [0.3, 0.4) is 0 Å². The van der Waals surface area contributed by atoms with Gasteiger partial charge in [-0.25, -0.2) is 22.5 Å². The predicted molar refractivity (Wildman–Crippen MR) is 102 cm³/mol. The molecule has 0 saturated carbocycles. The maximum absolute atomic E-state index is 12.1. The van der Waals surface area contributed by atoms with Crippen LogP contribution >= 0.6 is 0 Å². The molecule has 0 aromatic heterocycles. The van der Waals surface area contributed by atoms with Crippen molar-refractivity contribution < 1.29 is 22.7 Å². The average molecular weight is 380 g/mol. The highest BCUT2D eigenvalue weighted by Crippen LogP contribution is 2.10. The molecule has 26 heavy (non-hydrogen) atoms. The van der Waals surface area contributed by atoms with E-state index in [0.717, 1.165) is 5.56 Å². The molecule has 1 amide bonds. The van der Waals surface area contributed by atoms with Crippen LogP contribution in [0, 0.1) is 0 Å². The van der Waals surface area contributed by atoms with Crippen molar-refractivity contribution in [2.45, 2.75) is 19.8 Å². The lowest BCUT2D eigenvalue weighted by atomic mass is 10.1. The van der Waals surface area contributed by atoms with E-state index in [4.69, 9.17) is 0 Å². The van der Waals surface area contributed by atoms with Crippen molar-refractivity contribution >= 4 is 33.7 Å². The monoisotopic (exact) mass is 380 g/mol. The Labute approximate surface area is 154 Å². The van der Waals surface area contributed by atoms with Crippen LogP contribution in [-0.2, 0) is 19.6 Å². The van der Waals surface area contributed by atoms with Gasteiger partial charge in [-0.1, -0.05) is 24.3 Å². The topological polar surface area (TPSA) is 93.1 Å². The van der Waals surface area contributed by atoms with Crippen molar-refractivity contribution in [1.82, 2.24) is 4.31 Å². The molecule has 8 heteroatoms. The third kappa shape index (κ3) is 7.28. The average Bonchev–Trinajstić information content (AvgIpc) is 2.59. The van der Waals surface area contributed by atoms with Gasteiger partial charge in [0, 0.05) is 19.2 Å². The minimum atomic E-state index is -3.15. The van der Waals surface area contributed by atoms with E-state index in [-0.39, 0.29) is 5.71 Å². The molecular weight excluding hydrogens is 356 g/mol. The first-order chi connectivity index (χ1) is 12.1. The quantitative estimate of drug-likeness (QED) is 0.391. The number of aliphatic imine (C=N–C) groups is 1. The molecule has 1 rings (SSSR count). The zero-order valence-electron chi connectivity index (χ0n) is 15.4. The Kier molecular flexibility index (Phi) is 8.34. The summed E-state index contributed by atoms with van der Waals surface area (Å²) in [6.45, 7) is 1.87. The molecule has 1 aromatic rings. The number of nitrogens with zero attached hydrogens (tertiary/aromatic N) is 2. The zero-order chi connectivity index (χ0) is 19.7. The van der Waals surface area contributed by atoms with Crippen molar-refractivity contribution in [2.24, 2.45) is 4.99 Å². The smallest absolute Gasteiger partial charge is 0.352 e. The molecule has 1 aromatic carbocycles. The second kappa shape index (κ2) is 9.98. The van der Waals surface area contributed by atoms with Crippen molar-refractivity contribution in [3.8, 4) is 0 Å². The van der Waals surface area contributed by atoms with Crippen LogP contribution in [0.15, 0.2) is 35.3 Å². The second-order valence-corrected chi connectivity index (χ2v) is 7.84. The number of sulfonamides is 1. The summed E-state index contributed by atoms with van der Waals surface area (Å²) in [6, 6.07) is 6.87. The Morgan fingerprint density at radius 1 is 1.31 bits per heavy atom. The number of esters is 1. The predicted octanol–water partition coefficient (Wildman–Crippen LogP) is 2.15. The molecule has 0 aliphatic carbocycles. The molecule has 7 nitrogen and oxygen atoms in total. The largest absolute Gasteiger partial charge is 0.465 e. The first kappa shape index (κ1) is 21.7. The van der Waals surface area contributed by atoms with Gasteiger partial charge in [0.15, 0.2) is 0 Å². The first-order valence-electron chi connectivity index (χ1n) is 8.01. The van der Waals surface area contributed by atoms with Gasteiger partial charge in [-0.15, -0.1) is 0 Å². The number of carbonyl (C=O) groups excluding carboxylic acids is 2. The highest BCUT2D eigenvalue weighted by atomic mass is 32.2. The number of unbranched alkanes of at least 4 members (excludes halogenated alkanes) is 1. The van der Waals surface area contributed by atoms with Crippen LogP contribution in [-0.4, -0.2) is 57.3 Å². The standard InChI is InChI=1S/C18H24N2O5S/c1-14(18(22)25-3)19-17(21)16-11-8-10-15(13-16)9-6-5-7-12-20(2)26(4,23)24/h6,8-11,13H,5,7,12H2,1-4H3/b9-6-,19-14+. The van der Waals surface area contributed by atoms with Gasteiger partial charge in [0.2, 0.25) is 10.0 Å². The number of methoxy groups -OCH3 is 1. The number of hydrogen-bond donors (Lipinski definition) is 0. The molecule has 0 heterocycles. The lowest BCUT2D eigenvalue weighted by Crippen LogP contribution is -2.26. The Morgan fingerprint density at radius 3 is 2.62 bits per heavy atom. The number of ether oxygens (including phenoxy) is 1. The van der Waals surface area contributed by atoms with E-state index < -0.39 is 21.9 Å². The van der Waals surface area contributed by atoms with Crippen LogP contribution in [0.1, 0.15) is 35.7 Å². The summed E-state index contributed by atoms with van der Waals surface area (Å²) in [4.78, 5) is 27.1. The Hall–Kier alpha value is -2.32. The minimum absolute atomic E-state index is 0.00607. The lowest BCUT2D eigenvalue weighted by molar-refractivity contribution is -0.132. The summed E-state index contributed by atoms with van der Waals surface area (Å²) in [7, 11) is -0.375. The fraction of sp³-hybridized carbons (Fsp3) is 0.389. The van der Waals surface area contributed by atoms with Gasteiger partial charge in [0.25, 0.3) is 5.91 Å². The molecule has 0 fully saturated rings.